The zero-order valence-electron chi connectivity index (χ0n) is 16.4. The summed E-state index contributed by atoms with van der Waals surface area (Å²) in [6.07, 6.45) is 0.592. The zero-order valence-corrected chi connectivity index (χ0v) is 17.2. The second kappa shape index (κ2) is 9.50. The summed E-state index contributed by atoms with van der Waals surface area (Å²) in [6.45, 7) is 5.74. The van der Waals surface area contributed by atoms with Gasteiger partial charge in [0.1, 0.15) is 0 Å². The van der Waals surface area contributed by atoms with Gasteiger partial charge in [0.05, 0.1) is 21.9 Å². The van der Waals surface area contributed by atoms with Gasteiger partial charge in [0.2, 0.25) is 5.91 Å². The van der Waals surface area contributed by atoms with Gasteiger partial charge in [-0.3, -0.25) is 9.59 Å². The molecule has 0 saturated carbocycles. The van der Waals surface area contributed by atoms with E-state index in [2.05, 4.69) is 10.6 Å². The molecule has 28 heavy (non-hydrogen) atoms. The quantitative estimate of drug-likeness (QED) is 0.708. The molecule has 1 atom stereocenters. The third kappa shape index (κ3) is 5.92. The molecule has 0 radical (unpaired) electrons. The predicted octanol–water partition coefficient (Wildman–Crippen LogP) is 3.33. The molecule has 0 spiro atoms. The molecule has 6 nitrogen and oxygen atoms in total. The molecule has 0 bridgehead atoms. The van der Waals surface area contributed by atoms with Gasteiger partial charge in [-0.1, -0.05) is 36.8 Å². The lowest BCUT2D eigenvalue weighted by Crippen LogP contribution is -2.32. The smallest absolute Gasteiger partial charge is 0.253 e. The summed E-state index contributed by atoms with van der Waals surface area (Å²) in [4.78, 5) is 24.9. The Hall–Kier alpha value is -2.67. The number of carbonyl (C=O) groups excluding carboxylic acids is 2. The summed E-state index contributed by atoms with van der Waals surface area (Å²) < 4.78 is 24.8. The van der Waals surface area contributed by atoms with Crippen molar-refractivity contribution in [2.45, 2.75) is 44.6 Å². The van der Waals surface area contributed by atoms with Crippen LogP contribution in [0.15, 0.2) is 53.4 Å². The molecule has 2 N–H and O–H groups in total. The third-order valence-corrected chi connectivity index (χ3v) is 6.15. The molecule has 2 aromatic rings. The number of aryl methyl sites for hydroxylation is 1. The minimum absolute atomic E-state index is 0.0101. The number of amides is 2. The van der Waals surface area contributed by atoms with Crippen LogP contribution in [0.25, 0.3) is 0 Å². The first-order valence-electron chi connectivity index (χ1n) is 9.22. The fourth-order valence-corrected chi connectivity index (χ4v) is 3.74. The molecule has 0 heterocycles. The van der Waals surface area contributed by atoms with Crippen LogP contribution in [0, 0.1) is 6.92 Å². The van der Waals surface area contributed by atoms with Gasteiger partial charge in [-0.25, -0.2) is 8.42 Å². The fourth-order valence-electron chi connectivity index (χ4n) is 2.50. The van der Waals surface area contributed by atoms with Crippen molar-refractivity contribution in [1.82, 2.24) is 5.32 Å². The van der Waals surface area contributed by atoms with Gasteiger partial charge in [0.25, 0.3) is 5.91 Å². The molecule has 0 aromatic heterocycles. The lowest BCUT2D eigenvalue weighted by atomic mass is 10.1. The second-order valence-electron chi connectivity index (χ2n) is 6.76. The Bertz CT molecular complexity index is 937. The van der Waals surface area contributed by atoms with E-state index < -0.39 is 15.7 Å². The van der Waals surface area contributed by atoms with Crippen LogP contribution in [0.4, 0.5) is 5.69 Å². The lowest BCUT2D eigenvalue weighted by molar-refractivity contribution is -0.115. The van der Waals surface area contributed by atoms with Gasteiger partial charge in [-0.05, 0) is 44.5 Å². The van der Waals surface area contributed by atoms with Gasteiger partial charge in [0.15, 0.2) is 9.84 Å². The van der Waals surface area contributed by atoms with Gasteiger partial charge in [-0.2, -0.15) is 0 Å². The van der Waals surface area contributed by atoms with Crippen LogP contribution in [0.3, 0.4) is 0 Å². The van der Waals surface area contributed by atoms with Crippen LogP contribution in [0.1, 0.15) is 42.6 Å². The average molecular weight is 403 g/mol. The molecule has 0 aliphatic rings. The lowest BCUT2D eigenvalue weighted by Gasteiger charge is -2.14. The van der Waals surface area contributed by atoms with Crippen LogP contribution in [0.5, 0.6) is 0 Å². The first-order valence-corrected chi connectivity index (χ1v) is 10.9. The molecule has 2 amide bonds. The number of hydrogen-bond donors (Lipinski definition) is 2. The summed E-state index contributed by atoms with van der Waals surface area (Å²) in [6, 6.07) is 13.2. The van der Waals surface area contributed by atoms with Gasteiger partial charge < -0.3 is 10.6 Å². The number of anilines is 1. The predicted molar refractivity (Wildman–Crippen MR) is 110 cm³/mol. The van der Waals surface area contributed by atoms with E-state index in [0.29, 0.717) is 11.3 Å². The molecule has 2 rings (SSSR count). The molecule has 0 fully saturated rings. The standard InChI is InChI=1S/C21H26N2O4S/c1-4-16(3)22-21(25)18-7-5-6-8-19(18)23-20(24)13-14-28(26,27)17-11-9-15(2)10-12-17/h5-12,16H,4,13-14H2,1-3H3,(H,22,25)(H,23,24)/t16-/m1/s1. The van der Waals surface area contributed by atoms with E-state index in [9.17, 15) is 18.0 Å². The number of rotatable bonds is 8. The number of sulfone groups is 1. The highest BCUT2D eigenvalue weighted by molar-refractivity contribution is 7.91. The van der Waals surface area contributed by atoms with E-state index in [1.54, 1.807) is 36.4 Å². The molecule has 2 aromatic carbocycles. The molecule has 0 unspecified atom stereocenters. The summed E-state index contributed by atoms with van der Waals surface area (Å²) in [5, 5.41) is 5.51. The van der Waals surface area contributed by atoms with Crippen molar-refractivity contribution < 1.29 is 18.0 Å². The van der Waals surface area contributed by atoms with Gasteiger partial charge in [0, 0.05) is 12.5 Å². The molecule has 7 heteroatoms. The maximum Gasteiger partial charge on any atom is 0.253 e. The fraction of sp³-hybridized carbons (Fsp3) is 0.333. The van der Waals surface area contributed by atoms with Crippen LogP contribution in [-0.2, 0) is 14.6 Å². The van der Waals surface area contributed by atoms with Crippen LogP contribution >= 0.6 is 0 Å². The van der Waals surface area contributed by atoms with E-state index >= 15 is 0 Å². The van der Waals surface area contributed by atoms with Crippen LogP contribution in [-0.4, -0.2) is 32.0 Å². The summed E-state index contributed by atoms with van der Waals surface area (Å²) in [7, 11) is -3.55. The summed E-state index contributed by atoms with van der Waals surface area (Å²) in [5.74, 6) is -1.04. The Balaban J connectivity index is 2.03. The monoisotopic (exact) mass is 402 g/mol. The Labute approximate surface area is 166 Å². The number of benzene rings is 2. The molecule has 0 aliphatic carbocycles. The number of hydrogen-bond acceptors (Lipinski definition) is 4. The molecular formula is C21H26N2O4S. The topological polar surface area (TPSA) is 92.3 Å². The number of carbonyl (C=O) groups is 2. The largest absolute Gasteiger partial charge is 0.350 e. The summed E-state index contributed by atoms with van der Waals surface area (Å²) >= 11 is 0. The zero-order chi connectivity index (χ0) is 20.7. The first-order chi connectivity index (χ1) is 13.2. The highest BCUT2D eigenvalue weighted by atomic mass is 32.2. The van der Waals surface area contributed by atoms with E-state index in [4.69, 9.17) is 0 Å². The number of nitrogens with one attached hydrogen (secondary N) is 2. The van der Waals surface area contributed by atoms with Crippen molar-refractivity contribution in [1.29, 1.82) is 0 Å². The van der Waals surface area contributed by atoms with Crippen molar-refractivity contribution in [2.75, 3.05) is 11.1 Å². The second-order valence-corrected chi connectivity index (χ2v) is 8.87. The molecule has 150 valence electrons. The minimum Gasteiger partial charge on any atom is -0.350 e. The van der Waals surface area contributed by atoms with Crippen molar-refractivity contribution >= 4 is 27.3 Å². The molecule has 0 saturated heterocycles. The SMILES string of the molecule is CC[C@@H](C)NC(=O)c1ccccc1NC(=O)CCS(=O)(=O)c1ccc(C)cc1. The van der Waals surface area contributed by atoms with E-state index in [1.807, 2.05) is 20.8 Å². The maximum absolute atomic E-state index is 12.4. The van der Waals surface area contributed by atoms with E-state index in [-0.39, 0.29) is 29.0 Å². The van der Waals surface area contributed by atoms with E-state index in [1.165, 1.54) is 12.1 Å². The summed E-state index contributed by atoms with van der Waals surface area (Å²) in [5.41, 5.74) is 1.67. The van der Waals surface area contributed by atoms with Crippen molar-refractivity contribution in [3.05, 3.63) is 59.7 Å². The molecule has 0 aliphatic heterocycles. The Morgan fingerprint density at radius 2 is 1.68 bits per heavy atom. The third-order valence-electron chi connectivity index (χ3n) is 4.41. The van der Waals surface area contributed by atoms with Gasteiger partial charge in [-0.15, -0.1) is 0 Å². The van der Waals surface area contributed by atoms with Crippen LogP contribution < -0.4 is 10.6 Å². The Kier molecular flexibility index (Phi) is 7.34. The minimum atomic E-state index is -3.55. The van der Waals surface area contributed by atoms with Crippen LogP contribution in [0.2, 0.25) is 0 Å². The normalized spacial score (nSPS) is 12.2. The Morgan fingerprint density at radius 1 is 1.04 bits per heavy atom. The first kappa shape index (κ1) is 21.6. The highest BCUT2D eigenvalue weighted by Crippen LogP contribution is 2.17. The number of para-hydroxylation sites is 1. The Morgan fingerprint density at radius 3 is 2.32 bits per heavy atom. The maximum atomic E-state index is 12.4. The van der Waals surface area contributed by atoms with Gasteiger partial charge >= 0.3 is 0 Å². The van der Waals surface area contributed by atoms with Crippen molar-refractivity contribution in [3.8, 4) is 0 Å². The highest BCUT2D eigenvalue weighted by Gasteiger charge is 2.18. The van der Waals surface area contributed by atoms with E-state index in [0.717, 1.165) is 12.0 Å². The molecular weight excluding hydrogens is 376 g/mol. The average Bonchev–Trinajstić information content (AvgIpc) is 2.67. The van der Waals surface area contributed by atoms with Crippen molar-refractivity contribution in [2.24, 2.45) is 0 Å². The van der Waals surface area contributed by atoms with Crippen molar-refractivity contribution in [3.63, 3.8) is 0 Å².